The lowest BCUT2D eigenvalue weighted by molar-refractivity contribution is -0.205. The number of piperidine rings is 1. The van der Waals surface area contributed by atoms with Crippen molar-refractivity contribution in [2.75, 3.05) is 6.54 Å². The number of nitrogens with one attached hydrogen (secondary N) is 1. The molecule has 0 aromatic heterocycles. The number of alkyl halides is 3. The first-order valence-electron chi connectivity index (χ1n) is 5.48. The minimum atomic E-state index is -4.46. The molecule has 0 spiro atoms. The van der Waals surface area contributed by atoms with Gasteiger partial charge in [-0.15, -0.1) is 0 Å². The van der Waals surface area contributed by atoms with E-state index in [9.17, 15) is 13.2 Å². The summed E-state index contributed by atoms with van der Waals surface area (Å²) in [6.07, 6.45) is -2.28. The molecule has 2 N–H and O–H groups in total. The van der Waals surface area contributed by atoms with Gasteiger partial charge in [0.2, 0.25) is 0 Å². The maximum absolute atomic E-state index is 11.9. The van der Waals surface area contributed by atoms with Crippen molar-refractivity contribution in [1.29, 1.82) is 0 Å². The fourth-order valence-corrected chi connectivity index (χ4v) is 1.89. The Labute approximate surface area is 87.9 Å². The molecule has 1 rings (SSSR count). The van der Waals surface area contributed by atoms with Crippen molar-refractivity contribution in [1.82, 2.24) is 5.32 Å². The van der Waals surface area contributed by atoms with Gasteiger partial charge >= 0.3 is 6.18 Å². The molecule has 0 radical (unpaired) electrons. The molecule has 2 nitrogen and oxygen atoms in total. The van der Waals surface area contributed by atoms with Crippen molar-refractivity contribution in [3.05, 3.63) is 0 Å². The van der Waals surface area contributed by atoms with Crippen LogP contribution in [0.3, 0.4) is 0 Å². The summed E-state index contributed by atoms with van der Waals surface area (Å²) in [5, 5.41) is 12.0. The molecule has 1 aliphatic heterocycles. The SMILES string of the molecule is OC(CCCC1CCCCN1)C(F)(F)F. The zero-order chi connectivity index (χ0) is 11.3. The van der Waals surface area contributed by atoms with E-state index < -0.39 is 12.3 Å². The second-order valence-corrected chi connectivity index (χ2v) is 4.14. The Kier molecular flexibility index (Phi) is 4.86. The monoisotopic (exact) mass is 225 g/mol. The summed E-state index contributed by atoms with van der Waals surface area (Å²) >= 11 is 0. The van der Waals surface area contributed by atoms with Gasteiger partial charge in [0.1, 0.15) is 6.10 Å². The highest BCUT2D eigenvalue weighted by Gasteiger charge is 2.37. The average Bonchev–Trinajstić information content (AvgIpc) is 2.18. The highest BCUT2D eigenvalue weighted by molar-refractivity contribution is 4.73. The van der Waals surface area contributed by atoms with Gasteiger partial charge in [-0.1, -0.05) is 6.42 Å². The quantitative estimate of drug-likeness (QED) is 0.769. The Hall–Kier alpha value is -0.290. The van der Waals surface area contributed by atoms with E-state index in [0.717, 1.165) is 32.2 Å². The molecule has 1 fully saturated rings. The Morgan fingerprint density at radius 3 is 2.60 bits per heavy atom. The largest absolute Gasteiger partial charge is 0.414 e. The lowest BCUT2D eigenvalue weighted by Gasteiger charge is -2.24. The molecule has 0 amide bonds. The first-order chi connectivity index (χ1) is 7.00. The third-order valence-electron chi connectivity index (χ3n) is 2.82. The minimum Gasteiger partial charge on any atom is -0.384 e. The molecule has 1 aliphatic rings. The van der Waals surface area contributed by atoms with Crippen LogP contribution in [-0.2, 0) is 0 Å². The number of rotatable bonds is 4. The molecule has 2 atom stereocenters. The van der Waals surface area contributed by atoms with Crippen LogP contribution in [0.2, 0.25) is 0 Å². The van der Waals surface area contributed by atoms with E-state index in [-0.39, 0.29) is 6.42 Å². The van der Waals surface area contributed by atoms with E-state index in [1.807, 2.05) is 0 Å². The molecule has 0 aromatic carbocycles. The summed E-state index contributed by atoms with van der Waals surface area (Å²) in [6.45, 7) is 0.965. The van der Waals surface area contributed by atoms with Gasteiger partial charge in [-0.25, -0.2) is 0 Å². The minimum absolute atomic E-state index is 0.179. The number of hydrogen-bond donors (Lipinski definition) is 2. The molecule has 15 heavy (non-hydrogen) atoms. The molecule has 1 saturated heterocycles. The summed E-state index contributed by atoms with van der Waals surface area (Å²) < 4.78 is 35.8. The van der Waals surface area contributed by atoms with Crippen molar-refractivity contribution in [3.63, 3.8) is 0 Å². The fraction of sp³-hybridized carbons (Fsp3) is 1.00. The van der Waals surface area contributed by atoms with Gasteiger partial charge < -0.3 is 10.4 Å². The van der Waals surface area contributed by atoms with Gasteiger partial charge in [0, 0.05) is 6.04 Å². The second kappa shape index (κ2) is 5.70. The van der Waals surface area contributed by atoms with Gasteiger partial charge in [-0.3, -0.25) is 0 Å². The molecule has 2 unspecified atom stereocenters. The molecule has 1 heterocycles. The van der Waals surface area contributed by atoms with Crippen LogP contribution in [0.4, 0.5) is 13.2 Å². The van der Waals surface area contributed by atoms with Crippen LogP contribution in [0, 0.1) is 0 Å². The van der Waals surface area contributed by atoms with Crippen LogP contribution in [0.1, 0.15) is 38.5 Å². The first kappa shape index (κ1) is 12.8. The Morgan fingerprint density at radius 2 is 2.07 bits per heavy atom. The maximum Gasteiger partial charge on any atom is 0.414 e. The van der Waals surface area contributed by atoms with Crippen LogP contribution in [-0.4, -0.2) is 30.0 Å². The third kappa shape index (κ3) is 4.84. The van der Waals surface area contributed by atoms with Gasteiger partial charge in [0.25, 0.3) is 0 Å². The molecule has 0 aromatic rings. The van der Waals surface area contributed by atoms with Crippen molar-refractivity contribution in [2.45, 2.75) is 56.8 Å². The van der Waals surface area contributed by atoms with Crippen LogP contribution in [0.15, 0.2) is 0 Å². The van der Waals surface area contributed by atoms with Gasteiger partial charge in [0.15, 0.2) is 0 Å². The highest BCUT2D eigenvalue weighted by Crippen LogP contribution is 2.24. The number of halogens is 3. The second-order valence-electron chi connectivity index (χ2n) is 4.14. The highest BCUT2D eigenvalue weighted by atomic mass is 19.4. The predicted octanol–water partition coefficient (Wildman–Crippen LogP) is 2.22. The Balaban J connectivity index is 2.10. The lowest BCUT2D eigenvalue weighted by atomic mass is 9.99. The van der Waals surface area contributed by atoms with E-state index >= 15 is 0 Å². The molecular weight excluding hydrogens is 207 g/mol. The summed E-state index contributed by atoms with van der Waals surface area (Å²) in [5.74, 6) is 0. The number of aliphatic hydroxyl groups is 1. The number of hydrogen-bond acceptors (Lipinski definition) is 2. The van der Waals surface area contributed by atoms with Gasteiger partial charge in [-0.05, 0) is 38.6 Å². The molecule has 90 valence electrons. The molecule has 5 heteroatoms. The summed E-state index contributed by atoms with van der Waals surface area (Å²) in [4.78, 5) is 0. The molecule has 0 saturated carbocycles. The summed E-state index contributed by atoms with van der Waals surface area (Å²) in [6, 6.07) is 0.346. The Morgan fingerprint density at radius 1 is 1.33 bits per heavy atom. The topological polar surface area (TPSA) is 32.3 Å². The molecular formula is C10H18F3NO. The van der Waals surface area contributed by atoms with E-state index in [1.165, 1.54) is 0 Å². The lowest BCUT2D eigenvalue weighted by Crippen LogP contribution is -2.34. The Bertz CT molecular complexity index is 178. The normalized spacial score (nSPS) is 25.2. The van der Waals surface area contributed by atoms with Crippen LogP contribution < -0.4 is 5.32 Å². The zero-order valence-corrected chi connectivity index (χ0v) is 8.69. The number of aliphatic hydroxyl groups excluding tert-OH is 1. The van der Waals surface area contributed by atoms with Gasteiger partial charge in [0.05, 0.1) is 0 Å². The van der Waals surface area contributed by atoms with E-state index in [2.05, 4.69) is 5.32 Å². The predicted molar refractivity (Wildman–Crippen MR) is 51.6 cm³/mol. The van der Waals surface area contributed by atoms with Gasteiger partial charge in [-0.2, -0.15) is 13.2 Å². The van der Waals surface area contributed by atoms with E-state index in [4.69, 9.17) is 5.11 Å². The smallest absolute Gasteiger partial charge is 0.384 e. The third-order valence-corrected chi connectivity index (χ3v) is 2.82. The molecule has 0 aliphatic carbocycles. The van der Waals surface area contributed by atoms with Crippen LogP contribution in [0.25, 0.3) is 0 Å². The van der Waals surface area contributed by atoms with Crippen LogP contribution >= 0.6 is 0 Å². The fourth-order valence-electron chi connectivity index (χ4n) is 1.89. The van der Waals surface area contributed by atoms with E-state index in [1.54, 1.807) is 0 Å². The molecule has 0 bridgehead atoms. The summed E-state index contributed by atoms with van der Waals surface area (Å²) in [7, 11) is 0. The van der Waals surface area contributed by atoms with Crippen molar-refractivity contribution in [3.8, 4) is 0 Å². The standard InChI is InChI=1S/C10H18F3NO/c11-10(12,13)9(15)6-3-5-8-4-1-2-7-14-8/h8-9,14-15H,1-7H2. The van der Waals surface area contributed by atoms with Crippen molar-refractivity contribution >= 4 is 0 Å². The van der Waals surface area contributed by atoms with E-state index in [0.29, 0.717) is 12.5 Å². The van der Waals surface area contributed by atoms with Crippen LogP contribution in [0.5, 0.6) is 0 Å². The summed E-state index contributed by atoms with van der Waals surface area (Å²) in [5.41, 5.74) is 0. The zero-order valence-electron chi connectivity index (χ0n) is 8.69. The average molecular weight is 225 g/mol. The van der Waals surface area contributed by atoms with Crippen molar-refractivity contribution < 1.29 is 18.3 Å². The maximum atomic E-state index is 11.9. The van der Waals surface area contributed by atoms with Crippen molar-refractivity contribution in [2.24, 2.45) is 0 Å². The first-order valence-corrected chi connectivity index (χ1v) is 5.48.